The van der Waals surface area contributed by atoms with Gasteiger partial charge in [0.25, 0.3) is 0 Å². The fraction of sp³-hybridized carbons (Fsp3) is 0.381. The van der Waals surface area contributed by atoms with Crippen LogP contribution in [0.25, 0.3) is 17.0 Å². The van der Waals surface area contributed by atoms with Gasteiger partial charge in [0.2, 0.25) is 0 Å². The average molecular weight is 349 g/mol. The predicted molar refractivity (Wildman–Crippen MR) is 103 cm³/mol. The second-order valence-electron chi connectivity index (χ2n) is 6.54. The summed E-state index contributed by atoms with van der Waals surface area (Å²) >= 11 is 0. The first-order chi connectivity index (χ1) is 12.6. The number of fused-ring (bicyclic) bond motifs is 1. The molecule has 0 atom stereocenters. The molecule has 0 saturated carbocycles. The molecule has 2 aromatic rings. The third-order valence-corrected chi connectivity index (χ3v) is 4.55. The Hall–Kier alpha value is -2.87. The molecule has 0 spiro atoms. The number of hydrogen-bond acceptors (Lipinski definition) is 5. The molecular formula is C21H23N3O2. The summed E-state index contributed by atoms with van der Waals surface area (Å²) in [6.07, 6.45) is 5.08. The number of piperidine rings is 1. The molecule has 0 amide bonds. The number of aromatic nitrogens is 1. The van der Waals surface area contributed by atoms with E-state index < -0.39 is 5.97 Å². The van der Waals surface area contributed by atoms with Crippen molar-refractivity contribution < 1.29 is 9.53 Å². The van der Waals surface area contributed by atoms with E-state index in [2.05, 4.69) is 11.0 Å². The summed E-state index contributed by atoms with van der Waals surface area (Å²) in [7, 11) is 0. The Bertz CT molecular complexity index is 890. The largest absolute Gasteiger partial charge is 0.462 e. The van der Waals surface area contributed by atoms with Crippen LogP contribution in [0.1, 0.15) is 37.3 Å². The summed E-state index contributed by atoms with van der Waals surface area (Å²) in [6.45, 7) is 5.89. The van der Waals surface area contributed by atoms with E-state index in [9.17, 15) is 10.1 Å². The molecule has 0 bridgehead atoms. The van der Waals surface area contributed by atoms with Gasteiger partial charge < -0.3 is 9.64 Å². The minimum Gasteiger partial charge on any atom is -0.462 e. The standard InChI is InChI=1S/C21H23N3O2/c1-3-26-21(25)18(14-22)13-17-12-16-8-7-15(2)11-19(16)23-20(17)24-9-5-4-6-10-24/h7-8,11-13H,3-6,9-10H2,1-2H3. The van der Waals surface area contributed by atoms with Crippen LogP contribution in [0.4, 0.5) is 5.82 Å². The van der Waals surface area contributed by atoms with Gasteiger partial charge >= 0.3 is 5.97 Å². The summed E-state index contributed by atoms with van der Waals surface area (Å²) < 4.78 is 4.99. The lowest BCUT2D eigenvalue weighted by Gasteiger charge is -2.29. The molecule has 5 heteroatoms. The number of ether oxygens (including phenoxy) is 1. The topological polar surface area (TPSA) is 66.2 Å². The molecule has 1 saturated heterocycles. The van der Waals surface area contributed by atoms with E-state index in [1.165, 1.54) is 6.42 Å². The summed E-state index contributed by atoms with van der Waals surface area (Å²) in [5.41, 5.74) is 2.87. The number of hydrogen-bond donors (Lipinski definition) is 0. The second kappa shape index (κ2) is 8.01. The Labute approximate surface area is 153 Å². The molecule has 0 N–H and O–H groups in total. The Morgan fingerprint density at radius 1 is 1.31 bits per heavy atom. The molecule has 3 rings (SSSR count). The summed E-state index contributed by atoms with van der Waals surface area (Å²) in [6, 6.07) is 10.1. The molecular weight excluding hydrogens is 326 g/mol. The highest BCUT2D eigenvalue weighted by atomic mass is 16.5. The molecule has 1 fully saturated rings. The second-order valence-corrected chi connectivity index (χ2v) is 6.54. The van der Waals surface area contributed by atoms with Crippen molar-refractivity contribution in [2.75, 3.05) is 24.6 Å². The van der Waals surface area contributed by atoms with Gasteiger partial charge in [-0.3, -0.25) is 0 Å². The van der Waals surface area contributed by atoms with Crippen LogP contribution in [0.3, 0.4) is 0 Å². The number of esters is 1. The Morgan fingerprint density at radius 3 is 2.77 bits per heavy atom. The zero-order valence-electron chi connectivity index (χ0n) is 15.3. The maximum Gasteiger partial charge on any atom is 0.348 e. The number of carbonyl (C=O) groups is 1. The number of anilines is 1. The summed E-state index contributed by atoms with van der Waals surface area (Å²) in [5.74, 6) is 0.239. The van der Waals surface area contributed by atoms with Crippen LogP contribution in [-0.4, -0.2) is 30.6 Å². The molecule has 1 aromatic carbocycles. The van der Waals surface area contributed by atoms with Crippen LogP contribution >= 0.6 is 0 Å². The molecule has 0 unspecified atom stereocenters. The van der Waals surface area contributed by atoms with E-state index in [0.29, 0.717) is 0 Å². The number of nitriles is 1. The van der Waals surface area contributed by atoms with Crippen molar-refractivity contribution in [3.05, 3.63) is 41.0 Å². The van der Waals surface area contributed by atoms with Crippen LogP contribution in [0.15, 0.2) is 29.8 Å². The quantitative estimate of drug-likeness (QED) is 0.474. The minimum absolute atomic E-state index is 0.00151. The van der Waals surface area contributed by atoms with Crippen LogP contribution in [0, 0.1) is 18.3 Å². The number of pyridine rings is 1. The highest BCUT2D eigenvalue weighted by molar-refractivity contribution is 5.99. The van der Waals surface area contributed by atoms with E-state index in [0.717, 1.165) is 53.8 Å². The van der Waals surface area contributed by atoms with Crippen molar-refractivity contribution >= 4 is 28.8 Å². The third-order valence-electron chi connectivity index (χ3n) is 4.55. The number of rotatable bonds is 4. The van der Waals surface area contributed by atoms with Crippen molar-refractivity contribution in [2.24, 2.45) is 0 Å². The molecule has 26 heavy (non-hydrogen) atoms. The van der Waals surface area contributed by atoms with Gasteiger partial charge in [-0.25, -0.2) is 9.78 Å². The van der Waals surface area contributed by atoms with E-state index in [1.54, 1.807) is 13.0 Å². The van der Waals surface area contributed by atoms with Crippen LogP contribution in [0.2, 0.25) is 0 Å². The van der Waals surface area contributed by atoms with Gasteiger partial charge in [0.15, 0.2) is 0 Å². The SMILES string of the molecule is CCOC(=O)C(C#N)=Cc1cc2ccc(C)cc2nc1N1CCCCC1. The van der Waals surface area contributed by atoms with Gasteiger partial charge in [0.05, 0.1) is 12.1 Å². The van der Waals surface area contributed by atoms with Gasteiger partial charge in [0, 0.05) is 24.0 Å². The first-order valence-electron chi connectivity index (χ1n) is 9.07. The zero-order chi connectivity index (χ0) is 18.5. The molecule has 1 aliphatic heterocycles. The third kappa shape index (κ3) is 3.85. The van der Waals surface area contributed by atoms with E-state index in [-0.39, 0.29) is 12.2 Å². The molecule has 5 nitrogen and oxygen atoms in total. The van der Waals surface area contributed by atoms with Crippen molar-refractivity contribution in [1.29, 1.82) is 5.26 Å². The normalized spacial score (nSPS) is 15.0. The highest BCUT2D eigenvalue weighted by Crippen LogP contribution is 2.28. The molecule has 1 aromatic heterocycles. The van der Waals surface area contributed by atoms with E-state index >= 15 is 0 Å². The van der Waals surface area contributed by atoms with Gasteiger partial charge in [-0.2, -0.15) is 5.26 Å². The molecule has 134 valence electrons. The molecule has 0 aliphatic carbocycles. The van der Waals surface area contributed by atoms with Gasteiger partial charge in [-0.05, 0) is 56.9 Å². The Balaban J connectivity index is 2.13. The van der Waals surface area contributed by atoms with Crippen LogP contribution in [0.5, 0.6) is 0 Å². The first kappa shape index (κ1) is 17.9. The minimum atomic E-state index is -0.594. The lowest BCUT2D eigenvalue weighted by Crippen LogP contribution is -2.30. The van der Waals surface area contributed by atoms with Gasteiger partial charge in [0.1, 0.15) is 17.5 Å². The number of aryl methyl sites for hydroxylation is 1. The number of nitrogens with zero attached hydrogens (tertiary/aromatic N) is 3. The number of benzene rings is 1. The first-order valence-corrected chi connectivity index (χ1v) is 9.07. The lowest BCUT2D eigenvalue weighted by atomic mass is 10.1. The molecule has 0 radical (unpaired) electrons. The Kier molecular flexibility index (Phi) is 5.52. The highest BCUT2D eigenvalue weighted by Gasteiger charge is 2.18. The maximum absolute atomic E-state index is 12.0. The fourth-order valence-electron chi connectivity index (χ4n) is 3.25. The van der Waals surface area contributed by atoms with E-state index in [1.807, 2.05) is 31.2 Å². The fourth-order valence-corrected chi connectivity index (χ4v) is 3.25. The van der Waals surface area contributed by atoms with Crippen LogP contribution in [-0.2, 0) is 9.53 Å². The summed E-state index contributed by atoms with van der Waals surface area (Å²) in [4.78, 5) is 19.1. The van der Waals surface area contributed by atoms with Crippen molar-refractivity contribution in [3.8, 4) is 6.07 Å². The average Bonchev–Trinajstić information content (AvgIpc) is 2.66. The molecule has 1 aliphatic rings. The maximum atomic E-state index is 12.0. The van der Waals surface area contributed by atoms with Crippen molar-refractivity contribution in [3.63, 3.8) is 0 Å². The molecule has 2 heterocycles. The van der Waals surface area contributed by atoms with Gasteiger partial charge in [-0.15, -0.1) is 0 Å². The zero-order valence-corrected chi connectivity index (χ0v) is 15.3. The Morgan fingerprint density at radius 2 is 2.08 bits per heavy atom. The predicted octanol–water partition coefficient (Wildman–Crippen LogP) is 4.00. The number of carbonyl (C=O) groups excluding carboxylic acids is 1. The summed E-state index contributed by atoms with van der Waals surface area (Å²) in [5, 5.41) is 10.4. The van der Waals surface area contributed by atoms with Crippen molar-refractivity contribution in [2.45, 2.75) is 33.1 Å². The lowest BCUT2D eigenvalue weighted by molar-refractivity contribution is -0.137. The smallest absolute Gasteiger partial charge is 0.348 e. The van der Waals surface area contributed by atoms with Crippen molar-refractivity contribution in [1.82, 2.24) is 4.98 Å². The monoisotopic (exact) mass is 349 g/mol. The van der Waals surface area contributed by atoms with Crippen LogP contribution < -0.4 is 4.90 Å². The van der Waals surface area contributed by atoms with E-state index in [4.69, 9.17) is 9.72 Å². The van der Waals surface area contributed by atoms with Gasteiger partial charge in [-0.1, -0.05) is 12.1 Å².